The van der Waals surface area contributed by atoms with Gasteiger partial charge in [0, 0.05) is 18.7 Å². The second kappa shape index (κ2) is 7.58. The lowest BCUT2D eigenvalue weighted by Gasteiger charge is -2.19. The molecule has 0 spiro atoms. The Hall–Kier alpha value is -1.71. The van der Waals surface area contributed by atoms with Crippen LogP contribution in [0.4, 0.5) is 0 Å². The molecule has 1 aromatic carbocycles. The van der Waals surface area contributed by atoms with Crippen LogP contribution in [0.25, 0.3) is 0 Å². The Kier molecular flexibility index (Phi) is 6.05. The molecule has 0 amide bonds. The van der Waals surface area contributed by atoms with Gasteiger partial charge in [-0.05, 0) is 26.8 Å². The lowest BCUT2D eigenvalue weighted by molar-refractivity contribution is 0.336. The molecule has 0 aliphatic rings. The quantitative estimate of drug-likeness (QED) is 0.621. The number of nitrogens with zero attached hydrogens (tertiary/aromatic N) is 2. The third kappa shape index (κ3) is 3.95. The van der Waals surface area contributed by atoms with E-state index in [2.05, 4.69) is 18.8 Å². The van der Waals surface area contributed by atoms with Crippen molar-refractivity contribution >= 4 is 5.96 Å². The van der Waals surface area contributed by atoms with Crippen molar-refractivity contribution in [2.45, 2.75) is 27.3 Å². The molecule has 0 aromatic heterocycles. The highest BCUT2D eigenvalue weighted by molar-refractivity contribution is 5.78. The van der Waals surface area contributed by atoms with Crippen LogP contribution < -0.4 is 10.5 Å². The van der Waals surface area contributed by atoms with Gasteiger partial charge in [-0.25, -0.2) is 4.99 Å². The lowest BCUT2D eigenvalue weighted by atomic mass is 10.2. The predicted molar refractivity (Wildman–Crippen MR) is 75.9 cm³/mol. The average molecular weight is 249 g/mol. The first-order valence-corrected chi connectivity index (χ1v) is 6.48. The summed E-state index contributed by atoms with van der Waals surface area (Å²) < 4.78 is 5.56. The van der Waals surface area contributed by atoms with Crippen LogP contribution in [0.1, 0.15) is 26.3 Å². The summed E-state index contributed by atoms with van der Waals surface area (Å²) in [5, 5.41) is 0. The normalized spacial score (nSPS) is 11.4. The van der Waals surface area contributed by atoms with Gasteiger partial charge in [-0.2, -0.15) is 0 Å². The van der Waals surface area contributed by atoms with Crippen molar-refractivity contribution in [3.63, 3.8) is 0 Å². The summed E-state index contributed by atoms with van der Waals surface area (Å²) in [6, 6.07) is 7.93. The molecular weight excluding hydrogens is 226 g/mol. The SMILES string of the molecule is CCOc1ccccc1CN=C(N)N(CC)CC. The van der Waals surface area contributed by atoms with Gasteiger partial charge >= 0.3 is 0 Å². The minimum atomic E-state index is 0.554. The van der Waals surface area contributed by atoms with E-state index in [-0.39, 0.29) is 0 Å². The number of nitrogens with two attached hydrogens (primary N) is 1. The van der Waals surface area contributed by atoms with Gasteiger partial charge in [0.05, 0.1) is 13.2 Å². The summed E-state index contributed by atoms with van der Waals surface area (Å²) >= 11 is 0. The number of rotatable bonds is 6. The largest absolute Gasteiger partial charge is 0.494 e. The van der Waals surface area contributed by atoms with Crippen LogP contribution >= 0.6 is 0 Å². The minimum absolute atomic E-state index is 0.554. The Balaban J connectivity index is 2.75. The first-order valence-electron chi connectivity index (χ1n) is 6.48. The first-order chi connectivity index (χ1) is 8.72. The maximum atomic E-state index is 5.95. The maximum Gasteiger partial charge on any atom is 0.191 e. The summed E-state index contributed by atoms with van der Waals surface area (Å²) in [6.45, 7) is 9.08. The van der Waals surface area contributed by atoms with E-state index in [9.17, 15) is 0 Å². The number of hydrogen-bond donors (Lipinski definition) is 1. The van der Waals surface area contributed by atoms with Crippen LogP contribution in [0.15, 0.2) is 29.3 Å². The second-order valence-electron chi connectivity index (χ2n) is 3.89. The van der Waals surface area contributed by atoms with E-state index in [4.69, 9.17) is 10.5 Å². The molecule has 0 bridgehead atoms. The molecule has 1 rings (SSSR count). The summed E-state index contributed by atoms with van der Waals surface area (Å²) in [6.07, 6.45) is 0. The topological polar surface area (TPSA) is 50.9 Å². The van der Waals surface area contributed by atoms with Gasteiger partial charge in [0.15, 0.2) is 5.96 Å². The van der Waals surface area contributed by atoms with Crippen LogP contribution in [0.2, 0.25) is 0 Å². The van der Waals surface area contributed by atoms with Crippen LogP contribution in [0.5, 0.6) is 5.75 Å². The third-order valence-electron chi connectivity index (χ3n) is 2.77. The molecule has 0 saturated heterocycles. The van der Waals surface area contributed by atoms with Gasteiger partial charge in [-0.3, -0.25) is 0 Å². The third-order valence-corrected chi connectivity index (χ3v) is 2.77. The minimum Gasteiger partial charge on any atom is -0.494 e. The molecule has 0 fully saturated rings. The molecule has 0 unspecified atom stereocenters. The Labute approximate surface area is 109 Å². The van der Waals surface area contributed by atoms with E-state index in [1.165, 1.54) is 0 Å². The van der Waals surface area contributed by atoms with Crippen molar-refractivity contribution < 1.29 is 4.74 Å². The molecule has 100 valence electrons. The highest BCUT2D eigenvalue weighted by Gasteiger charge is 2.04. The van der Waals surface area contributed by atoms with E-state index in [1.807, 2.05) is 36.1 Å². The van der Waals surface area contributed by atoms with Crippen LogP contribution in [0, 0.1) is 0 Å². The average Bonchev–Trinajstić information content (AvgIpc) is 2.39. The Morgan fingerprint density at radius 3 is 2.50 bits per heavy atom. The fraction of sp³-hybridized carbons (Fsp3) is 0.500. The van der Waals surface area contributed by atoms with Crippen molar-refractivity contribution in [2.75, 3.05) is 19.7 Å². The molecule has 0 radical (unpaired) electrons. The van der Waals surface area contributed by atoms with E-state index in [0.717, 1.165) is 24.4 Å². The van der Waals surface area contributed by atoms with Crippen LogP contribution in [-0.2, 0) is 6.54 Å². The van der Waals surface area contributed by atoms with Gasteiger partial charge in [0.2, 0.25) is 0 Å². The zero-order valence-corrected chi connectivity index (χ0v) is 11.5. The molecule has 0 aliphatic heterocycles. The molecule has 0 heterocycles. The molecule has 0 atom stereocenters. The van der Waals surface area contributed by atoms with Gasteiger partial charge < -0.3 is 15.4 Å². The summed E-state index contributed by atoms with van der Waals surface area (Å²) in [5.74, 6) is 1.47. The van der Waals surface area contributed by atoms with Gasteiger partial charge in [-0.15, -0.1) is 0 Å². The van der Waals surface area contributed by atoms with E-state index >= 15 is 0 Å². The second-order valence-corrected chi connectivity index (χ2v) is 3.89. The molecule has 4 heteroatoms. The summed E-state index contributed by atoms with van der Waals surface area (Å²) in [4.78, 5) is 6.45. The van der Waals surface area contributed by atoms with Crippen molar-refractivity contribution in [1.82, 2.24) is 4.90 Å². The fourth-order valence-electron chi connectivity index (χ4n) is 1.74. The Bertz CT molecular complexity index is 386. The molecular formula is C14H23N3O. The van der Waals surface area contributed by atoms with Crippen molar-refractivity contribution in [3.8, 4) is 5.75 Å². The smallest absolute Gasteiger partial charge is 0.191 e. The van der Waals surface area contributed by atoms with E-state index in [1.54, 1.807) is 0 Å². The molecule has 0 saturated carbocycles. The standard InChI is InChI=1S/C14H23N3O/c1-4-17(5-2)14(15)16-11-12-9-7-8-10-13(12)18-6-3/h7-10H,4-6,11H2,1-3H3,(H2,15,16). The molecule has 18 heavy (non-hydrogen) atoms. The highest BCUT2D eigenvalue weighted by atomic mass is 16.5. The van der Waals surface area contributed by atoms with Crippen molar-refractivity contribution in [3.05, 3.63) is 29.8 Å². The van der Waals surface area contributed by atoms with E-state index < -0.39 is 0 Å². The predicted octanol–water partition coefficient (Wildman–Crippen LogP) is 2.24. The molecule has 2 N–H and O–H groups in total. The van der Waals surface area contributed by atoms with Crippen molar-refractivity contribution in [1.29, 1.82) is 0 Å². The van der Waals surface area contributed by atoms with E-state index in [0.29, 0.717) is 19.1 Å². The van der Waals surface area contributed by atoms with Gasteiger partial charge in [-0.1, -0.05) is 18.2 Å². The van der Waals surface area contributed by atoms with Gasteiger partial charge in [0.1, 0.15) is 5.75 Å². The lowest BCUT2D eigenvalue weighted by Crippen LogP contribution is -2.37. The maximum absolute atomic E-state index is 5.95. The monoisotopic (exact) mass is 249 g/mol. The van der Waals surface area contributed by atoms with Crippen LogP contribution in [-0.4, -0.2) is 30.6 Å². The number of aliphatic imine (C=N–C) groups is 1. The number of hydrogen-bond acceptors (Lipinski definition) is 2. The zero-order chi connectivity index (χ0) is 13.4. The molecule has 0 aliphatic carbocycles. The highest BCUT2D eigenvalue weighted by Crippen LogP contribution is 2.18. The number of benzene rings is 1. The zero-order valence-electron chi connectivity index (χ0n) is 11.5. The molecule has 4 nitrogen and oxygen atoms in total. The number of guanidine groups is 1. The van der Waals surface area contributed by atoms with Crippen molar-refractivity contribution in [2.24, 2.45) is 10.7 Å². The first kappa shape index (κ1) is 14.4. The van der Waals surface area contributed by atoms with Crippen LogP contribution in [0.3, 0.4) is 0 Å². The number of ether oxygens (including phenoxy) is 1. The van der Waals surface area contributed by atoms with Gasteiger partial charge in [0.25, 0.3) is 0 Å². The molecule has 1 aromatic rings. The summed E-state index contributed by atoms with van der Waals surface area (Å²) in [5.41, 5.74) is 7.01. The number of para-hydroxylation sites is 1. The summed E-state index contributed by atoms with van der Waals surface area (Å²) in [7, 11) is 0. The fourth-order valence-corrected chi connectivity index (χ4v) is 1.74. The Morgan fingerprint density at radius 1 is 1.22 bits per heavy atom. The Morgan fingerprint density at radius 2 is 1.89 bits per heavy atom.